The van der Waals surface area contributed by atoms with Crippen molar-refractivity contribution < 1.29 is 19.1 Å². The van der Waals surface area contributed by atoms with Gasteiger partial charge in [-0.2, -0.15) is 5.26 Å². The second-order valence-electron chi connectivity index (χ2n) is 6.91. The van der Waals surface area contributed by atoms with Crippen LogP contribution in [0.2, 0.25) is 5.02 Å². The summed E-state index contributed by atoms with van der Waals surface area (Å²) in [4.78, 5) is 32.5. The lowest BCUT2D eigenvalue weighted by Crippen LogP contribution is -2.21. The lowest BCUT2D eigenvalue weighted by atomic mass is 10.1. The number of rotatable bonds is 8. The first-order valence-corrected chi connectivity index (χ1v) is 10.4. The minimum Gasteiger partial charge on any atom is -0.497 e. The van der Waals surface area contributed by atoms with Gasteiger partial charge < -0.3 is 20.1 Å². The van der Waals surface area contributed by atoms with Crippen LogP contribution in [0, 0.1) is 11.3 Å². The Bertz CT molecular complexity index is 1230. The Morgan fingerprint density at radius 3 is 2.53 bits per heavy atom. The minimum atomic E-state index is -0.622. The number of aryl methyl sites for hydroxylation is 1. The van der Waals surface area contributed by atoms with Crippen molar-refractivity contribution in [1.82, 2.24) is 9.97 Å². The summed E-state index contributed by atoms with van der Waals surface area (Å²) in [7, 11) is 3.01. The van der Waals surface area contributed by atoms with E-state index in [9.17, 15) is 9.59 Å². The number of nitriles is 1. The predicted octanol–water partition coefficient (Wildman–Crippen LogP) is 4.23. The zero-order chi connectivity index (χ0) is 24.5. The Morgan fingerprint density at radius 1 is 1.03 bits per heavy atom. The van der Waals surface area contributed by atoms with Gasteiger partial charge in [0.25, 0.3) is 0 Å². The number of urea groups is 1. The SMILES string of the molecule is COc1cccc(CCC(=O)Nc2cc(OC)c(NC(=O)Nc3cnc(C#N)cn3)cc2Cl)c1. The first-order valence-electron chi connectivity index (χ1n) is 10.0. The van der Waals surface area contributed by atoms with Crippen molar-refractivity contribution in [3.63, 3.8) is 0 Å². The fourth-order valence-electron chi connectivity index (χ4n) is 2.93. The number of aromatic nitrogens is 2. The van der Waals surface area contributed by atoms with Gasteiger partial charge >= 0.3 is 6.03 Å². The third-order valence-corrected chi connectivity index (χ3v) is 4.91. The van der Waals surface area contributed by atoms with Gasteiger partial charge in [0.05, 0.1) is 43.0 Å². The summed E-state index contributed by atoms with van der Waals surface area (Å²) in [5.41, 5.74) is 1.72. The number of halogens is 1. The molecule has 10 nitrogen and oxygen atoms in total. The molecule has 0 aliphatic rings. The number of hydrogen-bond acceptors (Lipinski definition) is 7. The second-order valence-corrected chi connectivity index (χ2v) is 7.32. The molecule has 0 bridgehead atoms. The first kappa shape index (κ1) is 24.3. The van der Waals surface area contributed by atoms with E-state index in [2.05, 4.69) is 25.9 Å². The molecular weight excluding hydrogens is 460 g/mol. The van der Waals surface area contributed by atoms with E-state index >= 15 is 0 Å². The van der Waals surface area contributed by atoms with Crippen molar-refractivity contribution in [2.45, 2.75) is 12.8 Å². The summed E-state index contributed by atoms with van der Waals surface area (Å²) in [5, 5.41) is 16.8. The number of benzene rings is 2. The third-order valence-electron chi connectivity index (χ3n) is 4.59. The molecule has 0 spiro atoms. The third kappa shape index (κ3) is 6.57. The van der Waals surface area contributed by atoms with E-state index in [1.807, 2.05) is 30.3 Å². The minimum absolute atomic E-state index is 0.125. The molecule has 0 fully saturated rings. The van der Waals surface area contributed by atoms with E-state index in [1.165, 1.54) is 31.6 Å². The molecule has 0 saturated heterocycles. The van der Waals surface area contributed by atoms with Gasteiger partial charge in [0.1, 0.15) is 17.6 Å². The smallest absolute Gasteiger partial charge is 0.325 e. The van der Waals surface area contributed by atoms with Crippen LogP contribution in [0.4, 0.5) is 22.0 Å². The highest BCUT2D eigenvalue weighted by Crippen LogP contribution is 2.34. The number of anilines is 3. The maximum Gasteiger partial charge on any atom is 0.325 e. The molecule has 0 radical (unpaired) electrons. The van der Waals surface area contributed by atoms with Crippen LogP contribution in [0.25, 0.3) is 0 Å². The van der Waals surface area contributed by atoms with Crippen LogP contribution < -0.4 is 25.4 Å². The predicted molar refractivity (Wildman–Crippen MR) is 127 cm³/mol. The van der Waals surface area contributed by atoms with Gasteiger partial charge in [-0.05, 0) is 30.2 Å². The fraction of sp³-hybridized carbons (Fsp3) is 0.174. The molecule has 3 amide bonds. The quantitative estimate of drug-likeness (QED) is 0.438. The zero-order valence-electron chi connectivity index (χ0n) is 18.4. The van der Waals surface area contributed by atoms with Crippen LogP contribution in [0.5, 0.6) is 11.5 Å². The maximum atomic E-state index is 12.4. The summed E-state index contributed by atoms with van der Waals surface area (Å²) < 4.78 is 10.5. The molecule has 3 rings (SSSR count). The molecule has 0 atom stereocenters. The summed E-state index contributed by atoms with van der Waals surface area (Å²) in [6, 6.07) is 11.7. The Kier molecular flexibility index (Phi) is 8.21. The van der Waals surface area contributed by atoms with Crippen LogP contribution in [0.15, 0.2) is 48.8 Å². The Morgan fingerprint density at radius 2 is 1.85 bits per heavy atom. The Balaban J connectivity index is 1.63. The van der Waals surface area contributed by atoms with E-state index in [0.717, 1.165) is 11.3 Å². The number of amides is 3. The van der Waals surface area contributed by atoms with E-state index < -0.39 is 6.03 Å². The molecule has 1 aromatic heterocycles. The van der Waals surface area contributed by atoms with E-state index in [1.54, 1.807) is 7.11 Å². The molecule has 11 heteroatoms. The molecular formula is C23H21ClN6O4. The highest BCUT2D eigenvalue weighted by molar-refractivity contribution is 6.34. The monoisotopic (exact) mass is 480 g/mol. The summed E-state index contributed by atoms with van der Waals surface area (Å²) in [6.07, 6.45) is 3.25. The van der Waals surface area contributed by atoms with E-state index in [-0.39, 0.29) is 40.3 Å². The van der Waals surface area contributed by atoms with Crippen LogP contribution in [-0.4, -0.2) is 36.1 Å². The van der Waals surface area contributed by atoms with Crippen molar-refractivity contribution >= 4 is 40.7 Å². The van der Waals surface area contributed by atoms with Gasteiger partial charge in [-0.15, -0.1) is 0 Å². The molecule has 2 aromatic carbocycles. The van der Waals surface area contributed by atoms with E-state index in [0.29, 0.717) is 12.1 Å². The van der Waals surface area contributed by atoms with Gasteiger partial charge in [0, 0.05) is 12.5 Å². The highest BCUT2D eigenvalue weighted by atomic mass is 35.5. The van der Waals surface area contributed by atoms with Gasteiger partial charge in [-0.1, -0.05) is 23.7 Å². The largest absolute Gasteiger partial charge is 0.497 e. The van der Waals surface area contributed by atoms with Crippen LogP contribution in [0.1, 0.15) is 17.7 Å². The van der Waals surface area contributed by atoms with Crippen molar-refractivity contribution in [1.29, 1.82) is 5.26 Å². The van der Waals surface area contributed by atoms with Gasteiger partial charge in [-0.3, -0.25) is 10.1 Å². The molecule has 0 saturated carbocycles. The average Bonchev–Trinajstić information content (AvgIpc) is 2.85. The summed E-state index contributed by atoms with van der Waals surface area (Å²) in [5.74, 6) is 0.934. The Labute approximate surface area is 200 Å². The molecule has 0 aliphatic heterocycles. The van der Waals surface area contributed by atoms with Gasteiger partial charge in [0.2, 0.25) is 5.91 Å². The van der Waals surface area contributed by atoms with Crippen molar-refractivity contribution in [3.05, 3.63) is 65.1 Å². The number of ether oxygens (including phenoxy) is 2. The van der Waals surface area contributed by atoms with Crippen LogP contribution in [-0.2, 0) is 11.2 Å². The van der Waals surface area contributed by atoms with Gasteiger partial charge in [-0.25, -0.2) is 14.8 Å². The standard InChI is InChI=1S/C23H21ClN6O4/c1-33-16-5-3-4-14(8-16)6-7-22(31)28-18-10-20(34-2)19(9-17(18)24)29-23(32)30-21-13-26-15(11-25)12-27-21/h3-5,8-10,12-13H,6-7H2,1-2H3,(H,28,31)(H2,27,29,30,32). The molecule has 34 heavy (non-hydrogen) atoms. The lowest BCUT2D eigenvalue weighted by Gasteiger charge is -2.15. The topological polar surface area (TPSA) is 138 Å². The van der Waals surface area contributed by atoms with Crippen LogP contribution >= 0.6 is 11.6 Å². The Hall–Kier alpha value is -4.36. The summed E-state index contributed by atoms with van der Waals surface area (Å²) in [6.45, 7) is 0. The first-order chi connectivity index (χ1) is 16.4. The van der Waals surface area contributed by atoms with Crippen molar-refractivity contribution in [2.75, 3.05) is 30.2 Å². The molecule has 1 heterocycles. The fourth-order valence-corrected chi connectivity index (χ4v) is 3.15. The number of nitrogens with zero attached hydrogens (tertiary/aromatic N) is 3. The molecule has 0 unspecified atom stereocenters. The number of methoxy groups -OCH3 is 2. The summed E-state index contributed by atoms with van der Waals surface area (Å²) >= 11 is 6.32. The van der Waals surface area contributed by atoms with Crippen LogP contribution in [0.3, 0.4) is 0 Å². The molecule has 3 aromatic rings. The number of nitrogens with one attached hydrogen (secondary N) is 3. The lowest BCUT2D eigenvalue weighted by molar-refractivity contribution is -0.116. The van der Waals surface area contributed by atoms with Crippen molar-refractivity contribution in [3.8, 4) is 17.6 Å². The average molecular weight is 481 g/mol. The normalized spacial score (nSPS) is 10.1. The number of carbonyl (C=O) groups excluding carboxylic acids is 2. The zero-order valence-corrected chi connectivity index (χ0v) is 19.1. The molecule has 3 N–H and O–H groups in total. The van der Waals surface area contributed by atoms with Gasteiger partial charge in [0.15, 0.2) is 11.5 Å². The highest BCUT2D eigenvalue weighted by Gasteiger charge is 2.15. The number of carbonyl (C=O) groups is 2. The van der Waals surface area contributed by atoms with E-state index in [4.69, 9.17) is 26.3 Å². The van der Waals surface area contributed by atoms with Crippen molar-refractivity contribution in [2.24, 2.45) is 0 Å². The second kappa shape index (κ2) is 11.5. The number of hydrogen-bond donors (Lipinski definition) is 3. The molecule has 174 valence electrons. The molecule has 0 aliphatic carbocycles. The maximum absolute atomic E-state index is 12.4.